The van der Waals surface area contributed by atoms with Crippen LogP contribution >= 0.6 is 12.6 Å². The van der Waals surface area contributed by atoms with Gasteiger partial charge in [-0.15, -0.1) is 0 Å². The third-order valence-electron chi connectivity index (χ3n) is 2.85. The molecule has 4 atom stereocenters. The van der Waals surface area contributed by atoms with Crippen LogP contribution in [0.1, 0.15) is 34.6 Å². The first-order chi connectivity index (χ1) is 11.6. The van der Waals surface area contributed by atoms with E-state index in [4.69, 9.17) is 23.7 Å². The Bertz CT molecular complexity index is 480. The van der Waals surface area contributed by atoms with E-state index in [1.807, 2.05) is 0 Å². The van der Waals surface area contributed by atoms with Gasteiger partial charge in [-0.05, 0) is 6.92 Å². The van der Waals surface area contributed by atoms with E-state index in [0.717, 1.165) is 13.8 Å². The molecule has 0 heterocycles. The number of esters is 4. The van der Waals surface area contributed by atoms with Crippen LogP contribution in [-0.4, -0.2) is 60.8 Å². The Hall–Kier alpha value is -1.81. The highest BCUT2D eigenvalue weighted by molar-refractivity contribution is 7.80. The van der Waals surface area contributed by atoms with Crippen LogP contribution in [0.2, 0.25) is 0 Å². The molecule has 25 heavy (non-hydrogen) atoms. The van der Waals surface area contributed by atoms with Gasteiger partial charge in [-0.2, -0.15) is 12.6 Å². The smallest absolute Gasteiger partial charge is 0.303 e. The van der Waals surface area contributed by atoms with E-state index in [0.29, 0.717) is 0 Å². The second kappa shape index (κ2) is 11.7. The first-order valence-corrected chi connectivity index (χ1v) is 8.09. The van der Waals surface area contributed by atoms with Gasteiger partial charge in [0.25, 0.3) is 0 Å². The second-order valence-corrected chi connectivity index (χ2v) is 5.36. The molecule has 0 aromatic carbocycles. The van der Waals surface area contributed by atoms with Crippen LogP contribution in [0.15, 0.2) is 0 Å². The highest BCUT2D eigenvalue weighted by Crippen LogP contribution is 2.19. The average Bonchev–Trinajstić information content (AvgIpc) is 2.45. The van der Waals surface area contributed by atoms with Gasteiger partial charge < -0.3 is 23.7 Å². The Morgan fingerprint density at radius 2 is 1.28 bits per heavy atom. The Morgan fingerprint density at radius 1 is 0.800 bits per heavy atom. The van der Waals surface area contributed by atoms with Gasteiger partial charge in [0, 0.05) is 27.7 Å². The van der Waals surface area contributed by atoms with Crippen LogP contribution in [0.4, 0.5) is 0 Å². The zero-order chi connectivity index (χ0) is 19.6. The van der Waals surface area contributed by atoms with Crippen molar-refractivity contribution < 1.29 is 42.9 Å². The fraction of sp³-hybridized carbons (Fsp3) is 0.733. The molecule has 9 nitrogen and oxygen atoms in total. The van der Waals surface area contributed by atoms with Crippen LogP contribution in [0.5, 0.6) is 0 Å². The van der Waals surface area contributed by atoms with E-state index in [9.17, 15) is 19.2 Å². The summed E-state index contributed by atoms with van der Waals surface area (Å²) < 4.78 is 25.7. The van der Waals surface area contributed by atoms with E-state index in [-0.39, 0.29) is 12.5 Å². The second-order valence-electron chi connectivity index (χ2n) is 5.10. The molecule has 0 amide bonds. The first-order valence-electron chi connectivity index (χ1n) is 7.45. The summed E-state index contributed by atoms with van der Waals surface area (Å²) in [6.07, 6.45) is -4.31. The quantitative estimate of drug-likeness (QED) is 0.252. The number of hydrogen-bond acceptors (Lipinski definition) is 10. The summed E-state index contributed by atoms with van der Waals surface area (Å²) in [4.78, 5) is 45.2. The van der Waals surface area contributed by atoms with Crippen molar-refractivity contribution in [3.8, 4) is 0 Å². The molecule has 0 aromatic heterocycles. The third kappa shape index (κ3) is 9.92. The summed E-state index contributed by atoms with van der Waals surface area (Å²) in [5.74, 6) is -2.64. The van der Waals surface area contributed by atoms with Crippen LogP contribution in [0, 0.1) is 0 Å². The topological polar surface area (TPSA) is 114 Å². The molecule has 0 radical (unpaired) electrons. The highest BCUT2D eigenvalue weighted by Gasteiger charge is 2.40. The molecule has 0 rings (SSSR count). The molecule has 0 bridgehead atoms. The first kappa shape index (κ1) is 23.2. The van der Waals surface area contributed by atoms with Crippen molar-refractivity contribution in [2.24, 2.45) is 0 Å². The molecule has 0 aromatic rings. The van der Waals surface area contributed by atoms with E-state index < -0.39 is 48.3 Å². The molecule has 0 saturated heterocycles. The van der Waals surface area contributed by atoms with E-state index in [1.54, 1.807) is 0 Å². The molecule has 0 N–H and O–H groups in total. The number of thiol groups is 1. The normalized spacial score (nSPS) is 15.3. The lowest BCUT2D eigenvalue weighted by Gasteiger charge is -2.34. The van der Waals surface area contributed by atoms with Crippen LogP contribution < -0.4 is 0 Å². The molecule has 0 aliphatic heterocycles. The van der Waals surface area contributed by atoms with E-state index >= 15 is 0 Å². The molecular formula is C15H24O9S. The van der Waals surface area contributed by atoms with Gasteiger partial charge >= 0.3 is 23.9 Å². The summed E-state index contributed by atoms with van der Waals surface area (Å²) in [5.41, 5.74) is 0. The standard InChI is InChI=1S/C15H24O9S/c1-8(22-10(3)17)14(23-11(4)18)15(24-12(5)19)13(21-7-25)6-20-9(2)16/h8,13-15,25H,6-7H2,1-5H3. The number of rotatable bonds is 10. The summed E-state index contributed by atoms with van der Waals surface area (Å²) in [7, 11) is 0. The predicted octanol–water partition coefficient (Wildman–Crippen LogP) is 0.637. The maximum atomic E-state index is 11.5. The van der Waals surface area contributed by atoms with Crippen LogP contribution in [0.3, 0.4) is 0 Å². The van der Waals surface area contributed by atoms with Crippen molar-refractivity contribution >= 4 is 36.5 Å². The van der Waals surface area contributed by atoms with Crippen molar-refractivity contribution in [1.82, 2.24) is 0 Å². The van der Waals surface area contributed by atoms with Crippen molar-refractivity contribution in [3.05, 3.63) is 0 Å². The minimum absolute atomic E-state index is 0.0849. The molecule has 0 aliphatic rings. The molecule has 0 aliphatic carbocycles. The fourth-order valence-corrected chi connectivity index (χ4v) is 2.22. The fourth-order valence-electron chi connectivity index (χ4n) is 2.03. The minimum atomic E-state index is -1.19. The largest absolute Gasteiger partial charge is 0.463 e. The lowest BCUT2D eigenvalue weighted by molar-refractivity contribution is -0.197. The zero-order valence-corrected chi connectivity index (χ0v) is 15.7. The van der Waals surface area contributed by atoms with Crippen LogP contribution in [0.25, 0.3) is 0 Å². The third-order valence-corrected chi connectivity index (χ3v) is 3.00. The highest BCUT2D eigenvalue weighted by atomic mass is 32.1. The van der Waals surface area contributed by atoms with Gasteiger partial charge in [0.15, 0.2) is 12.2 Å². The Morgan fingerprint density at radius 3 is 1.68 bits per heavy atom. The van der Waals surface area contributed by atoms with Crippen molar-refractivity contribution in [2.75, 3.05) is 12.5 Å². The molecule has 0 fully saturated rings. The van der Waals surface area contributed by atoms with Gasteiger partial charge in [0.1, 0.15) is 18.8 Å². The Labute approximate surface area is 151 Å². The van der Waals surface area contributed by atoms with Crippen molar-refractivity contribution in [2.45, 2.75) is 59.0 Å². The van der Waals surface area contributed by atoms with E-state index in [1.165, 1.54) is 20.8 Å². The molecule has 0 saturated carbocycles. The monoisotopic (exact) mass is 380 g/mol. The van der Waals surface area contributed by atoms with Crippen LogP contribution in [-0.2, 0) is 42.9 Å². The molecule has 0 spiro atoms. The number of carbonyl (C=O) groups excluding carboxylic acids is 4. The molecule has 144 valence electrons. The average molecular weight is 380 g/mol. The Kier molecular flexibility index (Phi) is 10.8. The number of carbonyl (C=O) groups is 4. The molecule has 4 unspecified atom stereocenters. The molecular weight excluding hydrogens is 356 g/mol. The number of hydrogen-bond donors (Lipinski definition) is 1. The summed E-state index contributed by atoms with van der Waals surface area (Å²) in [6.45, 7) is 5.87. The maximum absolute atomic E-state index is 11.5. The van der Waals surface area contributed by atoms with Gasteiger partial charge in [0.05, 0.1) is 5.94 Å². The van der Waals surface area contributed by atoms with Crippen molar-refractivity contribution in [1.29, 1.82) is 0 Å². The Balaban J connectivity index is 5.63. The SMILES string of the molecule is CC(=O)OCC(OCS)C(OC(C)=O)C(OC(C)=O)C(C)OC(C)=O. The summed E-state index contributed by atoms with van der Waals surface area (Å²) >= 11 is 3.94. The summed E-state index contributed by atoms with van der Waals surface area (Å²) in [5, 5.41) is 0. The van der Waals surface area contributed by atoms with Gasteiger partial charge in [-0.25, -0.2) is 0 Å². The lowest BCUT2D eigenvalue weighted by atomic mass is 10.0. The zero-order valence-electron chi connectivity index (χ0n) is 14.8. The van der Waals surface area contributed by atoms with Gasteiger partial charge in [0.2, 0.25) is 0 Å². The predicted molar refractivity (Wildman–Crippen MR) is 87.7 cm³/mol. The van der Waals surface area contributed by atoms with Crippen molar-refractivity contribution in [3.63, 3.8) is 0 Å². The van der Waals surface area contributed by atoms with E-state index in [2.05, 4.69) is 12.6 Å². The minimum Gasteiger partial charge on any atom is -0.463 e. The van der Waals surface area contributed by atoms with Gasteiger partial charge in [-0.1, -0.05) is 0 Å². The van der Waals surface area contributed by atoms with Gasteiger partial charge in [-0.3, -0.25) is 19.2 Å². The maximum Gasteiger partial charge on any atom is 0.303 e. The summed E-state index contributed by atoms with van der Waals surface area (Å²) in [6, 6.07) is 0. The molecule has 10 heteroatoms. The number of ether oxygens (including phenoxy) is 5. The lowest BCUT2D eigenvalue weighted by Crippen LogP contribution is -2.51.